The lowest BCUT2D eigenvalue weighted by Crippen LogP contribution is -2.45. The van der Waals surface area contributed by atoms with Crippen molar-refractivity contribution in [2.24, 2.45) is 0 Å². The van der Waals surface area contributed by atoms with Crippen LogP contribution >= 0.6 is 0 Å². The fourth-order valence-electron chi connectivity index (χ4n) is 2.44. The predicted molar refractivity (Wildman–Crippen MR) is 65.8 cm³/mol. The highest BCUT2D eigenvalue weighted by molar-refractivity contribution is 5.75. The van der Waals surface area contributed by atoms with E-state index in [1.807, 2.05) is 11.6 Å². The van der Waals surface area contributed by atoms with Crippen LogP contribution in [0.5, 0.6) is 0 Å². The summed E-state index contributed by atoms with van der Waals surface area (Å²) in [6, 6.07) is -0.134. The number of piperidine rings is 1. The molecule has 0 amide bonds. The number of carbonyl (C=O) groups is 1. The minimum atomic E-state index is -0.141. The van der Waals surface area contributed by atoms with Crippen molar-refractivity contribution in [2.75, 3.05) is 13.7 Å². The van der Waals surface area contributed by atoms with Gasteiger partial charge in [0.25, 0.3) is 0 Å². The van der Waals surface area contributed by atoms with Crippen LogP contribution in [0.25, 0.3) is 0 Å². The maximum atomic E-state index is 11.8. The number of rotatable bonds is 4. The molecule has 6 nitrogen and oxygen atoms in total. The molecule has 2 rings (SSSR count). The standard InChI is InChI=1S/C12H20N4O2/c1-3-16-11(13-9-14-16)8-15-7-5-4-6-10(15)12(17)18-2/h9-10H,3-8H2,1-2H3. The zero-order valence-corrected chi connectivity index (χ0v) is 11.0. The van der Waals surface area contributed by atoms with Gasteiger partial charge >= 0.3 is 5.97 Å². The van der Waals surface area contributed by atoms with Gasteiger partial charge < -0.3 is 4.74 Å². The Labute approximate surface area is 107 Å². The van der Waals surface area contributed by atoms with Crippen LogP contribution in [0.2, 0.25) is 0 Å². The van der Waals surface area contributed by atoms with E-state index in [4.69, 9.17) is 4.74 Å². The molecule has 1 saturated heterocycles. The fraction of sp³-hybridized carbons (Fsp3) is 0.750. The Morgan fingerprint density at radius 2 is 2.39 bits per heavy atom. The van der Waals surface area contributed by atoms with E-state index >= 15 is 0 Å². The van der Waals surface area contributed by atoms with Crippen LogP contribution < -0.4 is 0 Å². The minimum absolute atomic E-state index is 0.134. The van der Waals surface area contributed by atoms with Gasteiger partial charge in [-0.15, -0.1) is 0 Å². The van der Waals surface area contributed by atoms with Crippen molar-refractivity contribution in [2.45, 2.75) is 45.3 Å². The van der Waals surface area contributed by atoms with Crippen LogP contribution in [0, 0.1) is 0 Å². The molecule has 0 radical (unpaired) electrons. The normalized spacial score (nSPS) is 20.9. The van der Waals surface area contributed by atoms with Gasteiger partial charge in [-0.3, -0.25) is 9.69 Å². The third-order valence-electron chi connectivity index (χ3n) is 3.43. The Hall–Kier alpha value is -1.43. The van der Waals surface area contributed by atoms with Crippen molar-refractivity contribution >= 4 is 5.97 Å². The summed E-state index contributed by atoms with van der Waals surface area (Å²) < 4.78 is 6.74. The summed E-state index contributed by atoms with van der Waals surface area (Å²) in [6.45, 7) is 4.40. The van der Waals surface area contributed by atoms with Gasteiger partial charge in [0.05, 0.1) is 13.7 Å². The van der Waals surface area contributed by atoms with Crippen LogP contribution in [-0.2, 0) is 22.6 Å². The summed E-state index contributed by atoms with van der Waals surface area (Å²) in [5, 5.41) is 4.15. The van der Waals surface area contributed by atoms with Crippen molar-refractivity contribution in [3.8, 4) is 0 Å². The number of esters is 1. The maximum Gasteiger partial charge on any atom is 0.323 e. The van der Waals surface area contributed by atoms with Crippen LogP contribution in [0.4, 0.5) is 0 Å². The average Bonchev–Trinajstić information content (AvgIpc) is 2.86. The zero-order chi connectivity index (χ0) is 13.0. The molecule has 1 aliphatic rings. The number of hydrogen-bond donors (Lipinski definition) is 0. The van der Waals surface area contributed by atoms with E-state index in [0.29, 0.717) is 6.54 Å². The number of carbonyl (C=O) groups excluding carboxylic acids is 1. The quantitative estimate of drug-likeness (QED) is 0.743. The first kappa shape index (κ1) is 13.0. The summed E-state index contributed by atoms with van der Waals surface area (Å²) in [7, 11) is 1.45. The van der Waals surface area contributed by atoms with Gasteiger partial charge in [0.2, 0.25) is 0 Å². The highest BCUT2D eigenvalue weighted by Crippen LogP contribution is 2.19. The summed E-state index contributed by atoms with van der Waals surface area (Å²) in [4.78, 5) is 18.2. The number of aromatic nitrogens is 3. The lowest BCUT2D eigenvalue weighted by Gasteiger charge is -2.33. The lowest BCUT2D eigenvalue weighted by atomic mass is 10.0. The first-order chi connectivity index (χ1) is 8.76. The monoisotopic (exact) mass is 252 g/mol. The third kappa shape index (κ3) is 2.69. The molecule has 0 aromatic carbocycles. The second kappa shape index (κ2) is 5.95. The van der Waals surface area contributed by atoms with E-state index in [-0.39, 0.29) is 12.0 Å². The molecule has 100 valence electrons. The molecular weight excluding hydrogens is 232 g/mol. The number of ether oxygens (including phenoxy) is 1. The first-order valence-corrected chi connectivity index (χ1v) is 6.44. The van der Waals surface area contributed by atoms with Gasteiger partial charge in [-0.2, -0.15) is 5.10 Å². The van der Waals surface area contributed by atoms with Crippen LogP contribution in [0.15, 0.2) is 6.33 Å². The molecule has 1 aromatic rings. The van der Waals surface area contributed by atoms with Crippen molar-refractivity contribution in [1.82, 2.24) is 19.7 Å². The molecular formula is C12H20N4O2. The fourth-order valence-corrected chi connectivity index (χ4v) is 2.44. The number of nitrogens with zero attached hydrogens (tertiary/aromatic N) is 4. The molecule has 1 unspecified atom stereocenters. The summed E-state index contributed by atoms with van der Waals surface area (Å²) in [5.74, 6) is 0.769. The SMILES string of the molecule is CCn1ncnc1CN1CCCCC1C(=O)OC. The van der Waals surface area contributed by atoms with Gasteiger partial charge in [0, 0.05) is 6.54 Å². The Kier molecular flexibility index (Phi) is 4.30. The lowest BCUT2D eigenvalue weighted by molar-refractivity contribution is -0.148. The highest BCUT2D eigenvalue weighted by Gasteiger charge is 2.30. The Morgan fingerprint density at radius 1 is 1.56 bits per heavy atom. The second-order valence-electron chi connectivity index (χ2n) is 4.50. The van der Waals surface area contributed by atoms with E-state index in [9.17, 15) is 4.79 Å². The molecule has 0 aliphatic carbocycles. The third-order valence-corrected chi connectivity index (χ3v) is 3.43. The van der Waals surface area contributed by atoms with E-state index in [0.717, 1.165) is 38.2 Å². The summed E-state index contributed by atoms with van der Waals surface area (Å²) in [6.07, 6.45) is 4.63. The largest absolute Gasteiger partial charge is 0.468 e. The highest BCUT2D eigenvalue weighted by atomic mass is 16.5. The number of methoxy groups -OCH3 is 1. The molecule has 1 atom stereocenters. The van der Waals surface area contributed by atoms with Crippen LogP contribution in [0.3, 0.4) is 0 Å². The topological polar surface area (TPSA) is 60.2 Å². The summed E-state index contributed by atoms with van der Waals surface area (Å²) in [5.41, 5.74) is 0. The van der Waals surface area contributed by atoms with Crippen molar-refractivity contribution < 1.29 is 9.53 Å². The molecule has 0 spiro atoms. The van der Waals surface area contributed by atoms with Crippen LogP contribution in [-0.4, -0.2) is 45.3 Å². The number of likely N-dealkylation sites (tertiary alicyclic amines) is 1. The number of aryl methyl sites for hydroxylation is 1. The van der Waals surface area contributed by atoms with Gasteiger partial charge in [-0.1, -0.05) is 6.42 Å². The Bertz CT molecular complexity index is 405. The van der Waals surface area contributed by atoms with Crippen LogP contribution in [0.1, 0.15) is 32.0 Å². The molecule has 6 heteroatoms. The van der Waals surface area contributed by atoms with E-state index in [2.05, 4.69) is 15.0 Å². The maximum absolute atomic E-state index is 11.8. The second-order valence-corrected chi connectivity index (χ2v) is 4.50. The molecule has 0 saturated carbocycles. The van der Waals surface area contributed by atoms with Gasteiger partial charge in [-0.25, -0.2) is 9.67 Å². The zero-order valence-electron chi connectivity index (χ0n) is 11.0. The van der Waals surface area contributed by atoms with Gasteiger partial charge in [0.15, 0.2) is 0 Å². The number of hydrogen-bond acceptors (Lipinski definition) is 5. The smallest absolute Gasteiger partial charge is 0.323 e. The Morgan fingerprint density at radius 3 is 3.11 bits per heavy atom. The Balaban J connectivity index is 2.08. The molecule has 1 fully saturated rings. The minimum Gasteiger partial charge on any atom is -0.468 e. The predicted octanol–water partition coefficient (Wildman–Crippen LogP) is 0.825. The van der Waals surface area contributed by atoms with E-state index in [1.54, 1.807) is 6.33 Å². The molecule has 1 aliphatic heterocycles. The van der Waals surface area contributed by atoms with Crippen molar-refractivity contribution in [1.29, 1.82) is 0 Å². The van der Waals surface area contributed by atoms with E-state index in [1.165, 1.54) is 7.11 Å². The van der Waals surface area contributed by atoms with E-state index < -0.39 is 0 Å². The van der Waals surface area contributed by atoms with Crippen molar-refractivity contribution in [3.63, 3.8) is 0 Å². The molecule has 1 aromatic heterocycles. The van der Waals surface area contributed by atoms with Gasteiger partial charge in [0.1, 0.15) is 18.2 Å². The average molecular weight is 252 g/mol. The van der Waals surface area contributed by atoms with Crippen molar-refractivity contribution in [3.05, 3.63) is 12.2 Å². The van der Waals surface area contributed by atoms with Gasteiger partial charge in [-0.05, 0) is 26.3 Å². The molecule has 2 heterocycles. The molecule has 0 N–H and O–H groups in total. The summed E-state index contributed by atoms with van der Waals surface area (Å²) >= 11 is 0. The molecule has 18 heavy (non-hydrogen) atoms. The first-order valence-electron chi connectivity index (χ1n) is 6.44. The molecule has 0 bridgehead atoms.